The first kappa shape index (κ1) is 20.8. The summed E-state index contributed by atoms with van der Waals surface area (Å²) in [4.78, 5) is 8.31. The third kappa shape index (κ3) is 4.53. The van der Waals surface area contributed by atoms with Gasteiger partial charge in [-0.15, -0.1) is 0 Å². The van der Waals surface area contributed by atoms with Gasteiger partial charge in [0.15, 0.2) is 0 Å². The lowest BCUT2D eigenvalue weighted by molar-refractivity contribution is -0.106. The Balaban J connectivity index is 1.28. The van der Waals surface area contributed by atoms with E-state index in [1.807, 2.05) is 30.1 Å². The molecular weight excluding hydrogens is 376 g/mol. The standard InChI is InChI=1S/C18H32N8O3/c1-25(7-6-21-12-4-2-3-5-20-12)8-11-14(27)15(28)18(29-11)26-10-24-13-16(19)22-9-23-17(13)26/h2-5,11,13-18,22-24,27-28H,6-10,19H2,1H3,(H,20,21)/t11-,13?,14-,15-,16?,17?,18-/m1/s1. The van der Waals surface area contributed by atoms with Crippen LogP contribution in [0.25, 0.3) is 0 Å². The Morgan fingerprint density at radius 3 is 2.97 bits per heavy atom. The van der Waals surface area contributed by atoms with E-state index in [1.165, 1.54) is 0 Å². The zero-order valence-electron chi connectivity index (χ0n) is 16.6. The summed E-state index contributed by atoms with van der Waals surface area (Å²) < 4.78 is 6.10. The fourth-order valence-electron chi connectivity index (χ4n) is 4.25. The van der Waals surface area contributed by atoms with Crippen molar-refractivity contribution in [3.05, 3.63) is 24.4 Å². The van der Waals surface area contributed by atoms with Gasteiger partial charge in [0.25, 0.3) is 0 Å². The number of hydrogen-bond acceptors (Lipinski definition) is 11. The Kier molecular flexibility index (Phi) is 6.59. The molecule has 7 atom stereocenters. The zero-order chi connectivity index (χ0) is 20.4. The van der Waals surface area contributed by atoms with E-state index >= 15 is 0 Å². The Morgan fingerprint density at radius 2 is 2.17 bits per heavy atom. The Hall–Kier alpha value is -1.41. The molecule has 0 radical (unpaired) electrons. The molecule has 162 valence electrons. The maximum Gasteiger partial charge on any atom is 0.142 e. The van der Waals surface area contributed by atoms with Crippen LogP contribution in [0.5, 0.6) is 0 Å². The molecule has 3 aliphatic rings. The number of anilines is 1. The maximum atomic E-state index is 10.6. The molecule has 0 amide bonds. The van der Waals surface area contributed by atoms with Crippen molar-refractivity contribution in [1.29, 1.82) is 0 Å². The minimum absolute atomic E-state index is 0.0103. The summed E-state index contributed by atoms with van der Waals surface area (Å²) in [7, 11) is 1.97. The monoisotopic (exact) mass is 408 g/mol. The van der Waals surface area contributed by atoms with E-state index in [1.54, 1.807) is 6.20 Å². The Bertz CT molecular complexity index is 655. The van der Waals surface area contributed by atoms with Crippen LogP contribution >= 0.6 is 0 Å². The second-order valence-corrected chi connectivity index (χ2v) is 7.91. The number of aromatic nitrogens is 1. The van der Waals surface area contributed by atoms with Crippen LogP contribution in [0.15, 0.2) is 24.4 Å². The molecule has 8 N–H and O–H groups in total. The molecule has 4 rings (SSSR count). The molecule has 11 nitrogen and oxygen atoms in total. The number of hydrogen-bond donors (Lipinski definition) is 7. The van der Waals surface area contributed by atoms with Crippen molar-refractivity contribution in [2.75, 3.05) is 45.3 Å². The van der Waals surface area contributed by atoms with Gasteiger partial charge in [-0.25, -0.2) is 9.88 Å². The second kappa shape index (κ2) is 9.16. The second-order valence-electron chi connectivity index (χ2n) is 7.91. The van der Waals surface area contributed by atoms with E-state index in [2.05, 4.69) is 31.2 Å². The first-order valence-electron chi connectivity index (χ1n) is 10.1. The fraction of sp³-hybridized carbons (Fsp3) is 0.722. The molecule has 11 heteroatoms. The molecule has 0 saturated carbocycles. The van der Waals surface area contributed by atoms with Gasteiger partial charge >= 0.3 is 0 Å². The molecular formula is C18H32N8O3. The van der Waals surface area contributed by atoms with Gasteiger partial charge in [0.1, 0.15) is 30.4 Å². The quantitative estimate of drug-likeness (QED) is 0.246. The first-order valence-corrected chi connectivity index (χ1v) is 10.1. The summed E-state index contributed by atoms with van der Waals surface area (Å²) in [5, 5.41) is 34.3. The summed E-state index contributed by atoms with van der Waals surface area (Å²) in [6.07, 6.45) is -1.47. The molecule has 3 unspecified atom stereocenters. The van der Waals surface area contributed by atoms with E-state index in [4.69, 9.17) is 10.5 Å². The molecule has 0 aromatic carbocycles. The van der Waals surface area contributed by atoms with E-state index in [-0.39, 0.29) is 18.4 Å². The summed E-state index contributed by atoms with van der Waals surface area (Å²) in [5.74, 6) is 0.831. The van der Waals surface area contributed by atoms with Gasteiger partial charge in [-0.3, -0.25) is 16.0 Å². The lowest BCUT2D eigenvalue weighted by Gasteiger charge is -2.38. The van der Waals surface area contributed by atoms with Crippen LogP contribution in [0.1, 0.15) is 0 Å². The molecule has 1 aromatic heterocycles. The van der Waals surface area contributed by atoms with Gasteiger partial charge in [0.05, 0.1) is 25.0 Å². The van der Waals surface area contributed by atoms with E-state index in [9.17, 15) is 10.2 Å². The predicted molar refractivity (Wildman–Crippen MR) is 107 cm³/mol. The van der Waals surface area contributed by atoms with E-state index < -0.39 is 24.5 Å². The summed E-state index contributed by atoms with van der Waals surface area (Å²) in [6.45, 7) is 3.10. The lowest BCUT2D eigenvalue weighted by Crippen LogP contribution is -2.68. The number of pyridine rings is 1. The predicted octanol–water partition coefficient (Wildman–Crippen LogP) is -3.14. The Labute approximate surface area is 170 Å². The number of fused-ring (bicyclic) bond motifs is 1. The van der Waals surface area contributed by atoms with Crippen molar-refractivity contribution in [2.45, 2.75) is 42.9 Å². The molecule has 1 aromatic rings. The SMILES string of the molecule is CN(CCNc1ccccn1)C[C@H]1O[C@@H](N2CNC3C(N)NCNC32)[C@H](O)[C@@H]1O. The molecule has 0 bridgehead atoms. The highest BCUT2D eigenvalue weighted by Crippen LogP contribution is 2.28. The highest BCUT2D eigenvalue weighted by atomic mass is 16.6. The fourth-order valence-corrected chi connectivity index (χ4v) is 4.25. The first-order chi connectivity index (χ1) is 14.0. The van der Waals surface area contributed by atoms with Crippen molar-refractivity contribution < 1.29 is 14.9 Å². The number of rotatable bonds is 7. The van der Waals surface area contributed by atoms with Crippen LogP contribution in [0.2, 0.25) is 0 Å². The molecule has 0 spiro atoms. The van der Waals surface area contributed by atoms with Gasteiger partial charge in [-0.1, -0.05) is 6.07 Å². The van der Waals surface area contributed by atoms with Crippen LogP contribution < -0.4 is 27.0 Å². The molecule has 3 fully saturated rings. The van der Waals surface area contributed by atoms with E-state index in [0.717, 1.165) is 18.9 Å². The number of nitrogens with two attached hydrogens (primary N) is 1. The van der Waals surface area contributed by atoms with Crippen molar-refractivity contribution in [2.24, 2.45) is 5.73 Å². The zero-order valence-corrected chi connectivity index (χ0v) is 16.6. The van der Waals surface area contributed by atoms with Crippen LogP contribution in [-0.4, -0.2) is 108 Å². The summed E-state index contributed by atoms with van der Waals surface area (Å²) >= 11 is 0. The average Bonchev–Trinajstić information content (AvgIpc) is 3.26. The minimum Gasteiger partial charge on any atom is -0.387 e. The van der Waals surface area contributed by atoms with Crippen molar-refractivity contribution in [3.63, 3.8) is 0 Å². The summed E-state index contributed by atoms with van der Waals surface area (Å²) in [6, 6.07) is 5.74. The highest BCUT2D eigenvalue weighted by Gasteiger charge is 2.51. The van der Waals surface area contributed by atoms with Gasteiger partial charge in [0, 0.05) is 32.5 Å². The lowest BCUT2D eigenvalue weighted by atomic mass is 10.1. The maximum absolute atomic E-state index is 10.6. The molecule has 3 saturated heterocycles. The van der Waals surface area contributed by atoms with Crippen LogP contribution in [0.4, 0.5) is 5.82 Å². The molecule has 3 aliphatic heterocycles. The van der Waals surface area contributed by atoms with Gasteiger partial charge in [-0.2, -0.15) is 0 Å². The molecule has 29 heavy (non-hydrogen) atoms. The minimum atomic E-state index is -0.978. The average molecular weight is 409 g/mol. The molecule has 4 heterocycles. The number of nitrogens with one attached hydrogen (secondary N) is 4. The smallest absolute Gasteiger partial charge is 0.142 e. The van der Waals surface area contributed by atoms with Crippen molar-refractivity contribution >= 4 is 5.82 Å². The largest absolute Gasteiger partial charge is 0.387 e. The number of likely N-dealkylation sites (N-methyl/N-ethyl adjacent to an activating group) is 1. The molecule has 0 aliphatic carbocycles. The third-order valence-corrected chi connectivity index (χ3v) is 5.86. The topological polar surface area (TPSA) is 143 Å². The van der Waals surface area contributed by atoms with E-state index in [0.29, 0.717) is 19.9 Å². The number of aliphatic hydroxyl groups excluding tert-OH is 2. The number of nitrogens with zero attached hydrogens (tertiary/aromatic N) is 3. The van der Waals surface area contributed by atoms with Crippen molar-refractivity contribution in [3.8, 4) is 0 Å². The van der Waals surface area contributed by atoms with Crippen LogP contribution in [0, 0.1) is 0 Å². The number of ether oxygens (including phenoxy) is 1. The van der Waals surface area contributed by atoms with Gasteiger partial charge < -0.3 is 30.9 Å². The van der Waals surface area contributed by atoms with Gasteiger partial charge in [-0.05, 0) is 19.2 Å². The number of aliphatic hydroxyl groups is 2. The van der Waals surface area contributed by atoms with Crippen molar-refractivity contribution in [1.82, 2.24) is 30.7 Å². The third-order valence-electron chi connectivity index (χ3n) is 5.86. The summed E-state index contributed by atoms with van der Waals surface area (Å²) in [5.41, 5.74) is 6.11. The van der Waals surface area contributed by atoms with Gasteiger partial charge in [0.2, 0.25) is 0 Å². The van der Waals surface area contributed by atoms with Crippen LogP contribution in [0.3, 0.4) is 0 Å². The normalized spacial score (nSPS) is 37.8. The highest BCUT2D eigenvalue weighted by molar-refractivity contribution is 5.32. The van der Waals surface area contributed by atoms with Crippen LogP contribution in [-0.2, 0) is 4.74 Å². The Morgan fingerprint density at radius 1 is 1.31 bits per heavy atom.